The number of carbonyl (C=O) groups excluding carboxylic acids is 3. The topological polar surface area (TPSA) is 191 Å². The first-order chi connectivity index (χ1) is 36.6. The summed E-state index contributed by atoms with van der Waals surface area (Å²) >= 11 is 0. The van der Waals surface area contributed by atoms with E-state index in [9.17, 15) is 34.8 Å². The zero-order chi connectivity index (χ0) is 57.3. The highest BCUT2D eigenvalue weighted by molar-refractivity contribution is 5.73. The van der Waals surface area contributed by atoms with Crippen molar-refractivity contribution in [2.75, 3.05) is 39.5 Å². The number of hydrogen-bond acceptors (Lipinski definition) is 9. The minimum absolute atomic E-state index is 0.0301. The number of aliphatic hydroxyl groups is 4. The van der Waals surface area contributed by atoms with Crippen LogP contribution in [0.4, 0.5) is 0 Å². The third kappa shape index (κ3) is 13.1. The lowest BCUT2D eigenvalue weighted by Gasteiger charge is -2.53. The number of allylic oxidation sites excluding steroid dienone is 3. The molecule has 0 saturated heterocycles. The Hall–Kier alpha value is -2.57. The standard InChI is InChI=1S/C25H41NO3.C22H37NO3.C20H35NO2/c1-16-9-12-25(6,19(13-16)15-29-18(3)28)23-8-7-22-20(10-11-24(22,4)5)21(23)14-26-17(2)27;1-14(25)23-12-18-17-8-9-21(2,3)19(17)5-6-20(18)22(4)10-7-16(26)11-15(22)13-24;1-19(2)8-7-15-16(11-21)18(5-4-17(15)19)20(3)9-6-14(23)10-13(20)12-22/h16,19,21,23H,7-15H2,1-6H3,(H,26,27);15-16,18,20,24,26H,5-13H2,1-4H3,(H,23,25);13-14,16,18,22-23H,4-12,21H2,1-3H3/t16-,19+,21-,23-,25-;15-,16+,18+,20+,22+;13-,14+,16+,18+,20+/m011/s1. The molecule has 3 saturated carbocycles. The van der Waals surface area contributed by atoms with Gasteiger partial charge in [0.2, 0.25) is 11.8 Å². The zero-order valence-electron chi connectivity index (χ0n) is 51.5. The molecular formula is C67H113N3O8. The van der Waals surface area contributed by atoms with Crippen LogP contribution in [0.1, 0.15) is 225 Å². The molecule has 15 atom stereocenters. The Bertz CT molecular complexity index is 2230. The molecule has 0 aromatic carbocycles. The maximum absolute atomic E-state index is 11.8. The van der Waals surface area contributed by atoms with Crippen LogP contribution in [0.15, 0.2) is 33.4 Å². The summed E-state index contributed by atoms with van der Waals surface area (Å²) in [5.41, 5.74) is 17.3. The Balaban J connectivity index is 0.000000171. The molecule has 3 fully saturated rings. The quantitative estimate of drug-likeness (QED) is 0.0736. The third-order valence-corrected chi connectivity index (χ3v) is 24.3. The fraction of sp³-hybridized carbons (Fsp3) is 0.866. The van der Waals surface area contributed by atoms with Gasteiger partial charge in [-0.25, -0.2) is 0 Å². The predicted octanol–water partition coefficient (Wildman–Crippen LogP) is 11.9. The Morgan fingerprint density at radius 3 is 1.23 bits per heavy atom. The first kappa shape index (κ1) is 63.0. The van der Waals surface area contributed by atoms with Gasteiger partial charge in [-0.3, -0.25) is 14.4 Å². The molecule has 0 aromatic rings. The van der Waals surface area contributed by atoms with Crippen molar-refractivity contribution in [3.63, 3.8) is 0 Å². The average molecular weight is 1090 g/mol. The maximum atomic E-state index is 11.8. The molecule has 2 amide bonds. The number of esters is 1. The Kier molecular flexibility index (Phi) is 20.3. The molecule has 0 unspecified atom stereocenters. The van der Waals surface area contributed by atoms with Crippen molar-refractivity contribution in [2.24, 2.45) is 97.4 Å². The smallest absolute Gasteiger partial charge is 0.302 e. The summed E-state index contributed by atoms with van der Waals surface area (Å²) in [5.74, 6) is 4.20. The van der Waals surface area contributed by atoms with Crippen molar-refractivity contribution in [2.45, 2.75) is 237 Å². The van der Waals surface area contributed by atoms with Crippen molar-refractivity contribution in [1.29, 1.82) is 0 Å². The van der Waals surface area contributed by atoms with E-state index in [1.54, 1.807) is 47.3 Å². The molecule has 0 bridgehead atoms. The van der Waals surface area contributed by atoms with E-state index < -0.39 is 0 Å². The summed E-state index contributed by atoms with van der Waals surface area (Å²) < 4.78 is 5.55. The molecule has 0 aromatic heterocycles. The number of nitrogens with one attached hydrogen (secondary N) is 2. The molecule has 0 spiro atoms. The Labute approximate surface area is 473 Å². The summed E-state index contributed by atoms with van der Waals surface area (Å²) in [5, 5.41) is 46.4. The fourth-order valence-corrected chi connectivity index (χ4v) is 19.2. The van der Waals surface area contributed by atoms with E-state index in [2.05, 4.69) is 79.9 Å². The number of ether oxygens (including phenoxy) is 1. The van der Waals surface area contributed by atoms with Gasteiger partial charge in [-0.15, -0.1) is 0 Å². The monoisotopic (exact) mass is 1090 g/mol. The first-order valence-electron chi connectivity index (χ1n) is 31.6. The van der Waals surface area contributed by atoms with Crippen LogP contribution in [0, 0.1) is 91.7 Å². The molecule has 8 N–H and O–H groups in total. The van der Waals surface area contributed by atoms with Gasteiger partial charge >= 0.3 is 5.97 Å². The number of nitrogens with two attached hydrogens (primary N) is 1. The second kappa shape index (κ2) is 25.1. The van der Waals surface area contributed by atoms with Gasteiger partial charge in [0, 0.05) is 58.9 Å². The molecule has 444 valence electrons. The average Bonchev–Trinajstić information content (AvgIpc) is 4.15. The summed E-state index contributed by atoms with van der Waals surface area (Å²) in [4.78, 5) is 34.9. The molecule has 9 rings (SSSR count). The molecule has 0 aliphatic heterocycles. The van der Waals surface area contributed by atoms with Crippen LogP contribution < -0.4 is 16.4 Å². The molecule has 0 radical (unpaired) electrons. The van der Waals surface area contributed by atoms with E-state index in [0.29, 0.717) is 77.7 Å². The number of hydrogen-bond donors (Lipinski definition) is 7. The van der Waals surface area contributed by atoms with Crippen LogP contribution in [0.5, 0.6) is 0 Å². The number of amides is 2. The molecule has 11 nitrogen and oxygen atoms in total. The van der Waals surface area contributed by atoms with Crippen LogP contribution in [-0.2, 0) is 19.1 Å². The minimum atomic E-state index is -0.280. The number of carbonyl (C=O) groups is 3. The molecule has 78 heavy (non-hydrogen) atoms. The number of aliphatic hydroxyl groups excluding tert-OH is 4. The second-order valence-electron chi connectivity index (χ2n) is 30.0. The van der Waals surface area contributed by atoms with Gasteiger partial charge in [0.25, 0.3) is 0 Å². The summed E-state index contributed by atoms with van der Waals surface area (Å²) in [7, 11) is 0. The van der Waals surface area contributed by atoms with Crippen molar-refractivity contribution in [1.82, 2.24) is 10.6 Å². The van der Waals surface area contributed by atoms with E-state index in [-0.39, 0.29) is 76.7 Å². The van der Waals surface area contributed by atoms with Gasteiger partial charge in [-0.05, 0) is 215 Å². The normalized spacial score (nSPS) is 39.6. The molecule has 9 aliphatic rings. The van der Waals surface area contributed by atoms with Crippen LogP contribution in [-0.4, -0.2) is 89.9 Å². The van der Waals surface area contributed by atoms with E-state index in [1.807, 2.05) is 0 Å². The van der Waals surface area contributed by atoms with Crippen molar-refractivity contribution < 1.29 is 39.5 Å². The first-order valence-corrected chi connectivity index (χ1v) is 31.6. The molecule has 11 heteroatoms. The Morgan fingerprint density at radius 1 is 0.513 bits per heavy atom. The van der Waals surface area contributed by atoms with E-state index in [4.69, 9.17) is 10.5 Å². The number of rotatable bonds is 12. The van der Waals surface area contributed by atoms with Crippen LogP contribution in [0.3, 0.4) is 0 Å². The lowest BCUT2D eigenvalue weighted by atomic mass is 9.53. The van der Waals surface area contributed by atoms with Crippen molar-refractivity contribution in [3.8, 4) is 0 Å². The van der Waals surface area contributed by atoms with E-state index >= 15 is 0 Å². The highest BCUT2D eigenvalue weighted by Gasteiger charge is 2.55. The SMILES string of the molecule is CC(=O)NC[C@H]1C2=C(CC[C@@H]1[C@@]1(C)CC[C@H](C)C[C@@H]1COC(C)=O)C(C)(C)CC2.CC(=O)NC[C@H]1C2=C(CC[C@@H]1[C@@]1(C)CC[C@H](O)C[C@@H]1CO)C(C)(C)CC2.CC1(C)CCC2=C1CC[C@H]([C@@]1(C)CC[C@H](O)C[C@@H]1CO)[C@H]2CN. The van der Waals surface area contributed by atoms with Gasteiger partial charge in [-0.2, -0.15) is 0 Å². The second-order valence-corrected chi connectivity index (χ2v) is 30.0. The predicted molar refractivity (Wildman–Crippen MR) is 314 cm³/mol. The van der Waals surface area contributed by atoms with Crippen LogP contribution >= 0.6 is 0 Å². The van der Waals surface area contributed by atoms with Crippen molar-refractivity contribution in [3.05, 3.63) is 33.4 Å². The zero-order valence-corrected chi connectivity index (χ0v) is 51.5. The highest BCUT2D eigenvalue weighted by atomic mass is 16.5. The maximum Gasteiger partial charge on any atom is 0.302 e. The molecule has 9 aliphatic carbocycles. The molecule has 0 heterocycles. The summed E-state index contributed by atoms with van der Waals surface area (Å²) in [6.45, 7) is 31.6. The van der Waals surface area contributed by atoms with Crippen molar-refractivity contribution >= 4 is 17.8 Å². The fourth-order valence-electron chi connectivity index (χ4n) is 19.2. The minimum Gasteiger partial charge on any atom is -0.466 e. The van der Waals surface area contributed by atoms with Gasteiger partial charge in [-0.1, -0.05) is 109 Å². The highest BCUT2D eigenvalue weighted by Crippen LogP contribution is 2.63. The van der Waals surface area contributed by atoms with Gasteiger partial charge < -0.3 is 41.5 Å². The van der Waals surface area contributed by atoms with Crippen LogP contribution in [0.25, 0.3) is 0 Å². The lowest BCUT2D eigenvalue weighted by molar-refractivity contribution is -0.146. The van der Waals surface area contributed by atoms with Crippen LogP contribution in [0.2, 0.25) is 0 Å². The third-order valence-electron chi connectivity index (χ3n) is 24.3. The van der Waals surface area contributed by atoms with Gasteiger partial charge in [0.15, 0.2) is 0 Å². The van der Waals surface area contributed by atoms with E-state index in [0.717, 1.165) is 70.9 Å². The van der Waals surface area contributed by atoms with Gasteiger partial charge in [0.1, 0.15) is 0 Å². The van der Waals surface area contributed by atoms with Gasteiger partial charge in [0.05, 0.1) is 18.8 Å². The largest absolute Gasteiger partial charge is 0.466 e. The summed E-state index contributed by atoms with van der Waals surface area (Å²) in [6.07, 6.45) is 22.5. The summed E-state index contributed by atoms with van der Waals surface area (Å²) in [6, 6.07) is 0. The van der Waals surface area contributed by atoms with E-state index in [1.165, 1.54) is 77.6 Å². The lowest BCUT2D eigenvalue weighted by Crippen LogP contribution is -2.49. The molecular weight excluding hydrogens is 975 g/mol. The Morgan fingerprint density at radius 2 is 0.872 bits per heavy atom.